The van der Waals surface area contributed by atoms with Gasteiger partial charge in [-0.2, -0.15) is 0 Å². The molecule has 0 saturated heterocycles. The molecular weight excluding hydrogens is 170 g/mol. The third-order valence-corrected chi connectivity index (χ3v) is 1.63. The molecule has 2 aromatic rings. The Morgan fingerprint density at radius 3 is 3.15 bits per heavy atom. The smallest absolute Gasteiger partial charge is 0.358 e. The lowest BCUT2D eigenvalue weighted by molar-refractivity contribution is 0.0595. The Hall–Kier alpha value is -1.91. The highest BCUT2D eigenvalue weighted by Crippen LogP contribution is 2.02. The first kappa shape index (κ1) is 7.72. The largest absolute Gasteiger partial charge is 0.464 e. The lowest BCUT2D eigenvalue weighted by Crippen LogP contribution is -2.00. The van der Waals surface area contributed by atoms with E-state index in [4.69, 9.17) is 0 Å². The minimum absolute atomic E-state index is 0.265. The van der Waals surface area contributed by atoms with Crippen LogP contribution < -0.4 is 0 Å². The number of aromatic nitrogens is 3. The molecule has 0 bridgehead atoms. The third-order valence-electron chi connectivity index (χ3n) is 1.63. The Balaban J connectivity index is 2.56. The van der Waals surface area contributed by atoms with Gasteiger partial charge in [0.25, 0.3) is 0 Å². The lowest BCUT2D eigenvalue weighted by Gasteiger charge is -1.89. The summed E-state index contributed by atoms with van der Waals surface area (Å²) in [6.07, 6.45) is 4.96. The van der Waals surface area contributed by atoms with E-state index in [1.807, 2.05) is 0 Å². The van der Waals surface area contributed by atoms with Crippen molar-refractivity contribution in [1.29, 1.82) is 0 Å². The fourth-order valence-corrected chi connectivity index (χ4v) is 1.03. The predicted molar refractivity (Wildman–Crippen MR) is 44.3 cm³/mol. The molecule has 0 aliphatic heterocycles. The zero-order valence-electron chi connectivity index (χ0n) is 6.97. The zero-order chi connectivity index (χ0) is 9.26. The van der Waals surface area contributed by atoms with Crippen LogP contribution in [0.15, 0.2) is 24.7 Å². The quantitative estimate of drug-likeness (QED) is 0.596. The van der Waals surface area contributed by atoms with Gasteiger partial charge < -0.3 is 4.74 Å². The number of nitrogens with zero attached hydrogens (tertiary/aromatic N) is 3. The average molecular weight is 177 g/mol. The monoisotopic (exact) mass is 177 g/mol. The Morgan fingerprint density at radius 2 is 2.46 bits per heavy atom. The molecule has 0 fully saturated rings. The van der Waals surface area contributed by atoms with Crippen molar-refractivity contribution in [3.8, 4) is 0 Å². The van der Waals surface area contributed by atoms with Gasteiger partial charge in [-0.25, -0.2) is 14.8 Å². The Labute approximate surface area is 74.0 Å². The Kier molecular flexibility index (Phi) is 1.70. The topological polar surface area (TPSA) is 56.5 Å². The number of ether oxygens (including phenoxy) is 1. The Bertz CT molecular complexity index is 416. The van der Waals surface area contributed by atoms with Crippen LogP contribution in [0, 0.1) is 0 Å². The van der Waals surface area contributed by atoms with Crippen molar-refractivity contribution in [2.75, 3.05) is 7.11 Å². The second kappa shape index (κ2) is 2.85. The first-order valence-corrected chi connectivity index (χ1v) is 3.69. The number of hydrogen-bond acceptors (Lipinski definition) is 4. The molecule has 0 radical (unpaired) electrons. The molecule has 2 heterocycles. The standard InChI is InChI=1S/C8H7N3O2/c1-13-7(12)6-5-11-4-2-3-9-8(11)10-6/h2-5H,1H3. The van der Waals surface area contributed by atoms with Gasteiger partial charge in [0.15, 0.2) is 5.69 Å². The summed E-state index contributed by atoms with van der Waals surface area (Å²) in [6.45, 7) is 0. The maximum Gasteiger partial charge on any atom is 0.358 e. The van der Waals surface area contributed by atoms with Crippen molar-refractivity contribution >= 4 is 11.7 Å². The highest BCUT2D eigenvalue weighted by Gasteiger charge is 2.10. The van der Waals surface area contributed by atoms with E-state index in [0.717, 1.165) is 0 Å². The van der Waals surface area contributed by atoms with Gasteiger partial charge in [-0.1, -0.05) is 0 Å². The van der Waals surface area contributed by atoms with Gasteiger partial charge >= 0.3 is 5.97 Å². The molecule has 5 heteroatoms. The lowest BCUT2D eigenvalue weighted by atomic mass is 10.5. The number of esters is 1. The summed E-state index contributed by atoms with van der Waals surface area (Å²) in [6, 6.07) is 1.76. The maximum atomic E-state index is 11.1. The summed E-state index contributed by atoms with van der Waals surface area (Å²) in [7, 11) is 1.32. The van der Waals surface area contributed by atoms with Crippen LogP contribution >= 0.6 is 0 Å². The fraction of sp³-hybridized carbons (Fsp3) is 0.125. The van der Waals surface area contributed by atoms with Crippen LogP contribution in [0.4, 0.5) is 0 Å². The summed E-state index contributed by atoms with van der Waals surface area (Å²) < 4.78 is 6.18. The van der Waals surface area contributed by atoms with E-state index in [-0.39, 0.29) is 5.69 Å². The molecule has 2 rings (SSSR count). The molecule has 0 amide bonds. The van der Waals surface area contributed by atoms with E-state index < -0.39 is 5.97 Å². The first-order valence-electron chi connectivity index (χ1n) is 3.69. The van der Waals surface area contributed by atoms with E-state index in [2.05, 4.69) is 14.7 Å². The molecule has 0 aliphatic carbocycles. The number of carbonyl (C=O) groups is 1. The summed E-state index contributed by atoms with van der Waals surface area (Å²) in [5.74, 6) is 0.0356. The fourth-order valence-electron chi connectivity index (χ4n) is 1.03. The van der Waals surface area contributed by atoms with E-state index in [1.54, 1.807) is 29.1 Å². The number of rotatable bonds is 1. The molecule has 0 N–H and O–H groups in total. The van der Waals surface area contributed by atoms with E-state index in [0.29, 0.717) is 5.78 Å². The molecule has 0 aromatic carbocycles. The predicted octanol–water partition coefficient (Wildman–Crippen LogP) is 0.516. The minimum Gasteiger partial charge on any atom is -0.464 e. The van der Waals surface area contributed by atoms with Gasteiger partial charge in [-0.3, -0.25) is 4.40 Å². The van der Waals surface area contributed by atoms with Gasteiger partial charge in [0.05, 0.1) is 7.11 Å². The molecule has 13 heavy (non-hydrogen) atoms. The summed E-state index contributed by atoms with van der Waals surface area (Å²) >= 11 is 0. The van der Waals surface area contributed by atoms with Gasteiger partial charge in [-0.15, -0.1) is 0 Å². The number of fused-ring (bicyclic) bond motifs is 1. The first-order chi connectivity index (χ1) is 6.31. The van der Waals surface area contributed by atoms with Gasteiger partial charge in [0.1, 0.15) is 0 Å². The van der Waals surface area contributed by atoms with Crippen molar-refractivity contribution in [2.45, 2.75) is 0 Å². The number of carbonyl (C=O) groups excluding carboxylic acids is 1. The molecule has 5 nitrogen and oxygen atoms in total. The van der Waals surface area contributed by atoms with Crippen LogP contribution in [0.25, 0.3) is 5.78 Å². The molecule has 66 valence electrons. The van der Waals surface area contributed by atoms with Gasteiger partial charge in [0.2, 0.25) is 5.78 Å². The third kappa shape index (κ3) is 1.24. The second-order valence-electron chi connectivity index (χ2n) is 2.44. The maximum absolute atomic E-state index is 11.1. The van der Waals surface area contributed by atoms with Crippen molar-refractivity contribution in [1.82, 2.24) is 14.4 Å². The molecule has 0 saturated carbocycles. The molecule has 0 unspecified atom stereocenters. The SMILES string of the molecule is COC(=O)c1cn2cccnc2n1. The van der Waals surface area contributed by atoms with E-state index in [9.17, 15) is 4.79 Å². The van der Waals surface area contributed by atoms with Crippen LogP contribution in [-0.4, -0.2) is 27.4 Å². The molecular formula is C8H7N3O2. The number of hydrogen-bond donors (Lipinski definition) is 0. The van der Waals surface area contributed by atoms with Gasteiger partial charge in [0, 0.05) is 18.6 Å². The van der Waals surface area contributed by atoms with Crippen LogP contribution in [0.2, 0.25) is 0 Å². The normalized spacial score (nSPS) is 10.2. The van der Waals surface area contributed by atoms with E-state index in [1.165, 1.54) is 7.11 Å². The highest BCUT2D eigenvalue weighted by molar-refractivity contribution is 5.87. The number of methoxy groups -OCH3 is 1. The van der Waals surface area contributed by atoms with Crippen molar-refractivity contribution in [2.24, 2.45) is 0 Å². The zero-order valence-corrected chi connectivity index (χ0v) is 6.97. The van der Waals surface area contributed by atoms with Crippen molar-refractivity contribution < 1.29 is 9.53 Å². The summed E-state index contributed by atoms with van der Waals surface area (Å²) in [5.41, 5.74) is 0.265. The molecule has 0 atom stereocenters. The average Bonchev–Trinajstić information content (AvgIpc) is 2.59. The van der Waals surface area contributed by atoms with Crippen LogP contribution in [-0.2, 0) is 4.74 Å². The van der Waals surface area contributed by atoms with Gasteiger partial charge in [-0.05, 0) is 6.07 Å². The minimum atomic E-state index is -0.453. The molecule has 0 aliphatic rings. The highest BCUT2D eigenvalue weighted by atomic mass is 16.5. The molecule has 0 spiro atoms. The van der Waals surface area contributed by atoms with E-state index >= 15 is 0 Å². The second-order valence-corrected chi connectivity index (χ2v) is 2.44. The van der Waals surface area contributed by atoms with Crippen LogP contribution in [0.5, 0.6) is 0 Å². The van der Waals surface area contributed by atoms with Crippen molar-refractivity contribution in [3.63, 3.8) is 0 Å². The van der Waals surface area contributed by atoms with Crippen LogP contribution in [0.1, 0.15) is 10.5 Å². The summed E-state index contributed by atoms with van der Waals surface area (Å²) in [5, 5.41) is 0. The van der Waals surface area contributed by atoms with Crippen molar-refractivity contribution in [3.05, 3.63) is 30.4 Å². The Morgan fingerprint density at radius 1 is 1.62 bits per heavy atom. The summed E-state index contributed by atoms with van der Waals surface area (Å²) in [4.78, 5) is 19.0. The van der Waals surface area contributed by atoms with Crippen LogP contribution in [0.3, 0.4) is 0 Å². The number of imidazole rings is 1. The molecule has 2 aromatic heterocycles.